The highest BCUT2D eigenvalue weighted by Gasteiger charge is 2.46. The summed E-state index contributed by atoms with van der Waals surface area (Å²) in [6.07, 6.45) is -0.943. The van der Waals surface area contributed by atoms with Crippen LogP contribution in [0, 0.1) is 11.7 Å². The first-order chi connectivity index (χ1) is 8.99. The molecule has 0 radical (unpaired) electrons. The number of hydrogen-bond donors (Lipinski definition) is 2. The topological polar surface area (TPSA) is 55.5 Å². The first-order valence-corrected chi connectivity index (χ1v) is 6.38. The lowest BCUT2D eigenvalue weighted by molar-refractivity contribution is -0.0947. The smallest absolute Gasteiger partial charge is 0.128 e. The van der Waals surface area contributed by atoms with Crippen LogP contribution in [0.15, 0.2) is 24.3 Å². The summed E-state index contributed by atoms with van der Waals surface area (Å²) in [6, 6.07) is 6.10. The molecule has 1 fully saturated rings. The van der Waals surface area contributed by atoms with Crippen LogP contribution in [0.2, 0.25) is 0 Å². The highest BCUT2D eigenvalue weighted by Crippen LogP contribution is 2.38. The zero-order valence-electron chi connectivity index (χ0n) is 10.9. The van der Waals surface area contributed by atoms with Crippen LogP contribution in [-0.4, -0.2) is 30.6 Å². The molecule has 1 aromatic carbocycles. The largest absolute Gasteiger partial charge is 0.390 e. The van der Waals surface area contributed by atoms with E-state index in [2.05, 4.69) is 0 Å². The molecule has 3 N–H and O–H groups in total. The van der Waals surface area contributed by atoms with Crippen molar-refractivity contribution in [3.05, 3.63) is 35.6 Å². The molecule has 0 bridgehead atoms. The van der Waals surface area contributed by atoms with Crippen LogP contribution in [0.25, 0.3) is 0 Å². The minimum Gasteiger partial charge on any atom is -0.390 e. The van der Waals surface area contributed by atoms with Crippen LogP contribution in [0.1, 0.15) is 18.9 Å². The van der Waals surface area contributed by atoms with Gasteiger partial charge in [0, 0.05) is 11.5 Å². The van der Waals surface area contributed by atoms with Crippen LogP contribution in [0.5, 0.6) is 0 Å². The van der Waals surface area contributed by atoms with E-state index < -0.39 is 30.1 Å². The van der Waals surface area contributed by atoms with E-state index >= 15 is 0 Å². The van der Waals surface area contributed by atoms with E-state index in [0.29, 0.717) is 6.42 Å². The molecular weight excluding hydrogens is 252 g/mol. The van der Waals surface area contributed by atoms with Gasteiger partial charge in [-0.05, 0) is 19.4 Å². The van der Waals surface area contributed by atoms with Gasteiger partial charge in [0.25, 0.3) is 0 Å². The van der Waals surface area contributed by atoms with Crippen molar-refractivity contribution < 1.29 is 18.6 Å². The van der Waals surface area contributed by atoms with Gasteiger partial charge in [0.05, 0.1) is 24.4 Å². The summed E-state index contributed by atoms with van der Waals surface area (Å²) in [4.78, 5) is 0. The molecule has 5 heteroatoms. The average molecular weight is 271 g/mol. The second-order valence-corrected chi connectivity index (χ2v) is 5.21. The zero-order valence-corrected chi connectivity index (χ0v) is 10.9. The molecule has 0 aliphatic carbocycles. The molecule has 1 aromatic rings. The number of aliphatic hydroxyl groups excluding tert-OH is 1. The molecule has 0 unspecified atom stereocenters. The maximum Gasteiger partial charge on any atom is 0.128 e. The fourth-order valence-corrected chi connectivity index (χ4v) is 2.75. The van der Waals surface area contributed by atoms with Gasteiger partial charge in [-0.3, -0.25) is 0 Å². The van der Waals surface area contributed by atoms with E-state index in [1.165, 1.54) is 6.07 Å². The van der Waals surface area contributed by atoms with Crippen molar-refractivity contribution in [3.63, 3.8) is 0 Å². The molecule has 0 spiro atoms. The van der Waals surface area contributed by atoms with Crippen molar-refractivity contribution in [1.82, 2.24) is 0 Å². The van der Waals surface area contributed by atoms with E-state index in [1.807, 2.05) is 6.92 Å². The molecule has 1 aliphatic heterocycles. The number of alkyl halides is 1. The summed E-state index contributed by atoms with van der Waals surface area (Å²) in [5.74, 6) is -1.03. The van der Waals surface area contributed by atoms with Gasteiger partial charge in [-0.25, -0.2) is 8.78 Å². The quantitative estimate of drug-likeness (QED) is 0.880. The predicted molar refractivity (Wildman–Crippen MR) is 67.8 cm³/mol. The van der Waals surface area contributed by atoms with Crippen molar-refractivity contribution in [2.45, 2.75) is 31.1 Å². The Morgan fingerprint density at radius 3 is 2.84 bits per heavy atom. The van der Waals surface area contributed by atoms with E-state index in [1.54, 1.807) is 18.2 Å². The fourth-order valence-electron chi connectivity index (χ4n) is 2.75. The Hall–Kier alpha value is -1.04. The Balaban J connectivity index is 2.40. The lowest BCUT2D eigenvalue weighted by Crippen LogP contribution is -2.57. The standard InChI is InChI=1S/C14H19F2NO2/c1-9-6-11(13(18)7-15)14(17,8-19-9)10-4-2-3-5-12(10)16/h2-5,9,11,13,18H,6-8,17H2,1H3/t9-,11-,13-,14+/m0/s1. The summed E-state index contributed by atoms with van der Waals surface area (Å²) >= 11 is 0. The van der Waals surface area contributed by atoms with Crippen LogP contribution in [-0.2, 0) is 10.3 Å². The normalized spacial score (nSPS) is 33.1. The Morgan fingerprint density at radius 1 is 1.53 bits per heavy atom. The number of aliphatic hydroxyl groups is 1. The molecule has 19 heavy (non-hydrogen) atoms. The van der Waals surface area contributed by atoms with Crippen LogP contribution < -0.4 is 5.73 Å². The van der Waals surface area contributed by atoms with E-state index in [-0.39, 0.29) is 18.3 Å². The second kappa shape index (κ2) is 5.53. The third-order valence-corrected chi connectivity index (χ3v) is 3.85. The first kappa shape index (κ1) is 14.4. The van der Waals surface area contributed by atoms with Gasteiger partial charge in [0.1, 0.15) is 12.5 Å². The minimum atomic E-state index is -1.21. The van der Waals surface area contributed by atoms with E-state index in [9.17, 15) is 13.9 Å². The van der Waals surface area contributed by atoms with Crippen LogP contribution in [0.4, 0.5) is 8.78 Å². The SMILES string of the molecule is C[C@H]1C[C@@H]([C@@H](O)CF)[C@](N)(c2ccccc2F)CO1. The van der Waals surface area contributed by atoms with Gasteiger partial charge in [0.15, 0.2) is 0 Å². The second-order valence-electron chi connectivity index (χ2n) is 5.21. The molecule has 2 rings (SSSR count). The number of hydrogen-bond acceptors (Lipinski definition) is 3. The Labute approximate surface area is 111 Å². The van der Waals surface area contributed by atoms with Gasteiger partial charge in [-0.2, -0.15) is 0 Å². The Bertz CT molecular complexity index is 443. The summed E-state index contributed by atoms with van der Waals surface area (Å²) in [7, 11) is 0. The maximum absolute atomic E-state index is 13.9. The third kappa shape index (κ3) is 2.63. The van der Waals surface area contributed by atoms with Crippen molar-refractivity contribution in [2.24, 2.45) is 11.7 Å². The Kier molecular flexibility index (Phi) is 4.18. The Morgan fingerprint density at radius 2 is 2.21 bits per heavy atom. The van der Waals surface area contributed by atoms with Crippen LogP contribution in [0.3, 0.4) is 0 Å². The molecule has 1 saturated heterocycles. The average Bonchev–Trinajstić information content (AvgIpc) is 2.41. The van der Waals surface area contributed by atoms with Gasteiger partial charge in [0.2, 0.25) is 0 Å². The highest BCUT2D eigenvalue weighted by molar-refractivity contribution is 5.28. The highest BCUT2D eigenvalue weighted by atomic mass is 19.1. The molecule has 4 atom stereocenters. The summed E-state index contributed by atoms with van der Waals surface area (Å²) in [5, 5.41) is 9.86. The summed E-state index contributed by atoms with van der Waals surface area (Å²) in [6.45, 7) is 1.00. The van der Waals surface area contributed by atoms with Gasteiger partial charge in [-0.1, -0.05) is 18.2 Å². The lowest BCUT2D eigenvalue weighted by Gasteiger charge is -2.45. The number of nitrogens with two attached hydrogens (primary N) is 1. The zero-order chi connectivity index (χ0) is 14.0. The predicted octanol–water partition coefficient (Wildman–Crippen LogP) is 1.74. The minimum absolute atomic E-state index is 0.0663. The number of halogens is 2. The van der Waals surface area contributed by atoms with E-state index in [0.717, 1.165) is 0 Å². The number of rotatable bonds is 3. The van der Waals surface area contributed by atoms with Crippen molar-refractivity contribution >= 4 is 0 Å². The molecule has 1 heterocycles. The number of ether oxygens (including phenoxy) is 1. The van der Waals surface area contributed by atoms with Gasteiger partial charge >= 0.3 is 0 Å². The van der Waals surface area contributed by atoms with Crippen LogP contribution >= 0.6 is 0 Å². The molecule has 1 aliphatic rings. The molecule has 3 nitrogen and oxygen atoms in total. The summed E-state index contributed by atoms with van der Waals surface area (Å²) < 4.78 is 32.3. The van der Waals surface area contributed by atoms with E-state index in [4.69, 9.17) is 10.5 Å². The monoisotopic (exact) mass is 271 g/mol. The third-order valence-electron chi connectivity index (χ3n) is 3.85. The lowest BCUT2D eigenvalue weighted by atomic mass is 9.72. The van der Waals surface area contributed by atoms with Gasteiger partial charge in [-0.15, -0.1) is 0 Å². The van der Waals surface area contributed by atoms with Crippen molar-refractivity contribution in [1.29, 1.82) is 0 Å². The fraction of sp³-hybridized carbons (Fsp3) is 0.571. The van der Waals surface area contributed by atoms with Crippen molar-refractivity contribution in [2.75, 3.05) is 13.3 Å². The van der Waals surface area contributed by atoms with Crippen molar-refractivity contribution in [3.8, 4) is 0 Å². The maximum atomic E-state index is 13.9. The molecular formula is C14H19F2NO2. The molecule has 0 aromatic heterocycles. The van der Waals surface area contributed by atoms with Gasteiger partial charge < -0.3 is 15.6 Å². The number of benzene rings is 1. The first-order valence-electron chi connectivity index (χ1n) is 6.38. The molecule has 106 valence electrons. The molecule has 0 saturated carbocycles. The summed E-state index contributed by atoms with van der Waals surface area (Å²) in [5.41, 5.74) is 5.33. The molecule has 0 amide bonds.